The molecular weight excluding hydrogens is 278 g/mol. The van der Waals surface area contributed by atoms with Gasteiger partial charge >= 0.3 is 6.03 Å². The van der Waals surface area contributed by atoms with Gasteiger partial charge in [-0.1, -0.05) is 30.3 Å². The third-order valence-electron chi connectivity index (χ3n) is 3.55. The molecule has 0 saturated heterocycles. The number of aromatic nitrogens is 1. The number of carbonyl (C=O) groups excluding carboxylic acids is 1. The summed E-state index contributed by atoms with van der Waals surface area (Å²) in [6.45, 7) is 0.809. The van der Waals surface area contributed by atoms with Crippen LogP contribution in [-0.2, 0) is 13.5 Å². The molecule has 0 aliphatic heterocycles. The highest BCUT2D eigenvalue weighted by molar-refractivity contribution is 5.73. The number of urea groups is 1. The van der Waals surface area contributed by atoms with E-state index in [1.807, 2.05) is 48.1 Å². The number of hydrogen-bond donors (Lipinski definition) is 3. The number of nitrogens with zero attached hydrogens (tertiary/aromatic N) is 1. The van der Waals surface area contributed by atoms with Gasteiger partial charge in [-0.15, -0.1) is 0 Å². The Morgan fingerprint density at radius 3 is 2.64 bits per heavy atom. The zero-order valence-electron chi connectivity index (χ0n) is 12.8. The molecule has 5 nitrogen and oxygen atoms in total. The van der Waals surface area contributed by atoms with Crippen LogP contribution in [0.2, 0.25) is 0 Å². The zero-order chi connectivity index (χ0) is 15.8. The zero-order valence-corrected chi connectivity index (χ0v) is 12.8. The number of amides is 2. The van der Waals surface area contributed by atoms with E-state index in [0.717, 1.165) is 18.5 Å². The van der Waals surface area contributed by atoms with Gasteiger partial charge in [0.1, 0.15) is 6.10 Å². The Morgan fingerprint density at radius 2 is 1.95 bits per heavy atom. The second-order valence-electron chi connectivity index (χ2n) is 5.29. The molecule has 1 heterocycles. The molecule has 118 valence electrons. The lowest BCUT2D eigenvalue weighted by Gasteiger charge is -2.13. The van der Waals surface area contributed by atoms with Crippen LogP contribution in [0, 0.1) is 0 Å². The molecule has 0 unspecified atom stereocenters. The molecule has 0 saturated carbocycles. The van der Waals surface area contributed by atoms with Crippen molar-refractivity contribution in [3.05, 3.63) is 59.9 Å². The van der Waals surface area contributed by atoms with Crippen molar-refractivity contribution in [3.8, 4) is 0 Å². The Balaban J connectivity index is 1.61. The fraction of sp³-hybridized carbons (Fsp3) is 0.353. The quantitative estimate of drug-likeness (QED) is 0.685. The highest BCUT2D eigenvalue weighted by Crippen LogP contribution is 2.11. The minimum absolute atomic E-state index is 0.197. The third-order valence-corrected chi connectivity index (χ3v) is 3.55. The number of carbonyl (C=O) groups is 1. The first kappa shape index (κ1) is 16.1. The van der Waals surface area contributed by atoms with Crippen molar-refractivity contribution >= 4 is 6.03 Å². The van der Waals surface area contributed by atoms with E-state index in [1.54, 1.807) is 0 Å². The van der Waals surface area contributed by atoms with Crippen LogP contribution in [-0.4, -0.2) is 28.8 Å². The number of nitrogens with one attached hydrogen (secondary N) is 2. The van der Waals surface area contributed by atoms with Gasteiger partial charge in [0.05, 0.1) is 6.54 Å². The maximum atomic E-state index is 11.7. The second kappa shape index (κ2) is 8.24. The molecule has 0 radical (unpaired) electrons. The summed E-state index contributed by atoms with van der Waals surface area (Å²) in [6, 6.07) is 13.6. The molecular formula is C17H23N3O2. The van der Waals surface area contributed by atoms with E-state index in [1.165, 1.54) is 5.56 Å². The molecule has 2 amide bonds. The van der Waals surface area contributed by atoms with Crippen molar-refractivity contribution in [1.82, 2.24) is 15.2 Å². The van der Waals surface area contributed by atoms with Gasteiger partial charge in [-0.3, -0.25) is 0 Å². The first-order valence-electron chi connectivity index (χ1n) is 7.51. The predicted molar refractivity (Wildman–Crippen MR) is 86.5 cm³/mol. The normalized spacial score (nSPS) is 11.9. The van der Waals surface area contributed by atoms with Gasteiger partial charge in [0.25, 0.3) is 0 Å². The summed E-state index contributed by atoms with van der Waals surface area (Å²) in [7, 11) is 1.86. The molecule has 0 spiro atoms. The van der Waals surface area contributed by atoms with Gasteiger partial charge in [-0.05, 0) is 30.5 Å². The number of rotatable bonds is 7. The summed E-state index contributed by atoms with van der Waals surface area (Å²) in [6.07, 6.45) is 2.99. The van der Waals surface area contributed by atoms with Crippen LogP contribution >= 0.6 is 0 Å². The third kappa shape index (κ3) is 4.93. The van der Waals surface area contributed by atoms with Crippen LogP contribution in [0.25, 0.3) is 0 Å². The van der Waals surface area contributed by atoms with E-state index in [9.17, 15) is 9.90 Å². The van der Waals surface area contributed by atoms with E-state index < -0.39 is 6.10 Å². The first-order chi connectivity index (χ1) is 10.7. The molecule has 3 N–H and O–H groups in total. The van der Waals surface area contributed by atoms with E-state index in [0.29, 0.717) is 6.54 Å². The Hall–Kier alpha value is -2.27. The van der Waals surface area contributed by atoms with Crippen molar-refractivity contribution in [2.75, 3.05) is 13.1 Å². The van der Waals surface area contributed by atoms with E-state index in [2.05, 4.69) is 22.8 Å². The summed E-state index contributed by atoms with van der Waals surface area (Å²) in [4.78, 5) is 11.7. The topological polar surface area (TPSA) is 66.3 Å². The first-order valence-corrected chi connectivity index (χ1v) is 7.51. The van der Waals surface area contributed by atoms with Gasteiger partial charge in [-0.25, -0.2) is 4.79 Å². The van der Waals surface area contributed by atoms with Gasteiger partial charge in [-0.2, -0.15) is 0 Å². The summed E-state index contributed by atoms with van der Waals surface area (Å²) < 4.78 is 1.84. The SMILES string of the molecule is Cn1cccc1[C@@H](O)CNC(=O)NCCCc1ccccc1. The lowest BCUT2D eigenvalue weighted by molar-refractivity contribution is 0.166. The van der Waals surface area contributed by atoms with Gasteiger partial charge < -0.3 is 20.3 Å². The maximum Gasteiger partial charge on any atom is 0.314 e. The molecule has 0 aliphatic carbocycles. The molecule has 22 heavy (non-hydrogen) atoms. The lowest BCUT2D eigenvalue weighted by atomic mass is 10.1. The fourth-order valence-corrected chi connectivity index (χ4v) is 2.32. The minimum Gasteiger partial charge on any atom is -0.385 e. The summed E-state index contributed by atoms with van der Waals surface area (Å²) >= 11 is 0. The number of hydrogen-bond acceptors (Lipinski definition) is 2. The highest BCUT2D eigenvalue weighted by Gasteiger charge is 2.11. The van der Waals surface area contributed by atoms with Gasteiger partial charge in [0.15, 0.2) is 0 Å². The van der Waals surface area contributed by atoms with Crippen molar-refractivity contribution < 1.29 is 9.90 Å². The molecule has 0 fully saturated rings. The van der Waals surface area contributed by atoms with Crippen LogP contribution in [0.1, 0.15) is 23.8 Å². The highest BCUT2D eigenvalue weighted by atomic mass is 16.3. The number of aryl methyl sites for hydroxylation is 2. The molecule has 1 atom stereocenters. The summed E-state index contributed by atoms with van der Waals surface area (Å²) in [5, 5.41) is 15.5. The molecule has 5 heteroatoms. The van der Waals surface area contributed by atoms with Gasteiger partial charge in [0.2, 0.25) is 0 Å². The second-order valence-corrected chi connectivity index (χ2v) is 5.29. The molecule has 2 aromatic rings. The van der Waals surface area contributed by atoms with Crippen LogP contribution in [0.5, 0.6) is 0 Å². The van der Waals surface area contributed by atoms with E-state index in [-0.39, 0.29) is 12.6 Å². The Morgan fingerprint density at radius 1 is 1.18 bits per heavy atom. The number of aliphatic hydroxyl groups is 1. The van der Waals surface area contributed by atoms with Crippen molar-refractivity contribution in [3.63, 3.8) is 0 Å². The lowest BCUT2D eigenvalue weighted by Crippen LogP contribution is -2.38. The summed E-state index contributed by atoms with van der Waals surface area (Å²) in [5.41, 5.74) is 2.05. The molecule has 0 aliphatic rings. The van der Waals surface area contributed by atoms with Crippen LogP contribution in [0.15, 0.2) is 48.7 Å². The monoisotopic (exact) mass is 301 g/mol. The fourth-order valence-electron chi connectivity index (χ4n) is 2.32. The number of benzene rings is 1. The smallest absolute Gasteiger partial charge is 0.314 e. The largest absolute Gasteiger partial charge is 0.385 e. The summed E-state index contributed by atoms with van der Waals surface area (Å²) in [5.74, 6) is 0. The van der Waals surface area contributed by atoms with Crippen molar-refractivity contribution in [2.24, 2.45) is 7.05 Å². The molecule has 1 aromatic carbocycles. The maximum absolute atomic E-state index is 11.7. The van der Waals surface area contributed by atoms with Crippen LogP contribution in [0.4, 0.5) is 4.79 Å². The standard InChI is InChI=1S/C17H23N3O2/c1-20-12-6-10-15(20)16(21)13-19-17(22)18-11-5-9-14-7-3-2-4-8-14/h2-4,6-8,10,12,16,21H,5,9,11,13H2,1H3,(H2,18,19,22)/t16-/m0/s1. The van der Waals surface area contributed by atoms with Gasteiger partial charge in [0, 0.05) is 25.5 Å². The average Bonchev–Trinajstić information content (AvgIpc) is 2.96. The van der Waals surface area contributed by atoms with Crippen molar-refractivity contribution in [2.45, 2.75) is 18.9 Å². The average molecular weight is 301 g/mol. The van der Waals surface area contributed by atoms with Crippen LogP contribution in [0.3, 0.4) is 0 Å². The molecule has 0 bridgehead atoms. The Bertz CT molecular complexity index is 581. The minimum atomic E-state index is -0.699. The Kier molecular flexibility index (Phi) is 6.03. The predicted octanol–water partition coefficient (Wildman–Crippen LogP) is 1.99. The molecule has 2 rings (SSSR count). The van der Waals surface area contributed by atoms with Crippen LogP contribution < -0.4 is 10.6 Å². The Labute approximate surface area is 131 Å². The molecule has 1 aromatic heterocycles. The van der Waals surface area contributed by atoms with E-state index in [4.69, 9.17) is 0 Å². The van der Waals surface area contributed by atoms with E-state index >= 15 is 0 Å². The number of aliphatic hydroxyl groups excluding tert-OH is 1. The van der Waals surface area contributed by atoms with Crippen molar-refractivity contribution in [1.29, 1.82) is 0 Å².